The van der Waals surface area contributed by atoms with Crippen molar-refractivity contribution in [2.45, 2.75) is 39.2 Å². The largest absolute Gasteiger partial charge is 0.454 e. The summed E-state index contributed by atoms with van der Waals surface area (Å²) < 4.78 is 10.8. The Labute approximate surface area is 150 Å². The van der Waals surface area contributed by atoms with E-state index in [1.807, 2.05) is 18.2 Å². The number of likely N-dealkylation sites (tertiary alicyclic amines) is 1. The molecule has 0 bridgehead atoms. The quantitative estimate of drug-likeness (QED) is 0.612. The zero-order valence-corrected chi connectivity index (χ0v) is 15.2. The normalized spacial score (nSPS) is 18.0. The molecule has 0 saturated carbocycles. The molecule has 0 spiro atoms. The molecule has 0 radical (unpaired) electrons. The molecular formula is C19H30N4O2. The minimum atomic E-state index is 0.308. The van der Waals surface area contributed by atoms with Crippen LogP contribution in [0.25, 0.3) is 0 Å². The molecule has 2 aliphatic rings. The van der Waals surface area contributed by atoms with E-state index in [-0.39, 0.29) is 0 Å². The highest BCUT2D eigenvalue weighted by Crippen LogP contribution is 2.32. The number of hydrogen-bond donors (Lipinski definition) is 2. The molecule has 2 heterocycles. The third kappa shape index (κ3) is 5.53. The Balaban J connectivity index is 1.48. The lowest BCUT2D eigenvalue weighted by Crippen LogP contribution is -2.41. The molecule has 0 amide bonds. The first-order valence-electron chi connectivity index (χ1n) is 9.48. The van der Waals surface area contributed by atoms with Gasteiger partial charge in [-0.15, -0.1) is 0 Å². The first-order valence-corrected chi connectivity index (χ1v) is 9.48. The van der Waals surface area contributed by atoms with Crippen LogP contribution in [0.15, 0.2) is 23.2 Å². The number of hydrogen-bond acceptors (Lipinski definition) is 4. The minimum Gasteiger partial charge on any atom is -0.454 e. The van der Waals surface area contributed by atoms with Gasteiger partial charge < -0.3 is 25.0 Å². The fourth-order valence-electron chi connectivity index (χ4n) is 3.24. The van der Waals surface area contributed by atoms with E-state index in [0.29, 0.717) is 13.3 Å². The number of aliphatic imine (C=N–C) groups is 1. The maximum atomic E-state index is 5.43. The second kappa shape index (κ2) is 9.51. The summed E-state index contributed by atoms with van der Waals surface area (Å²) in [6, 6.07) is 6.00. The highest BCUT2D eigenvalue weighted by molar-refractivity contribution is 5.79. The maximum absolute atomic E-state index is 5.43. The summed E-state index contributed by atoms with van der Waals surface area (Å²) in [4.78, 5) is 7.25. The van der Waals surface area contributed by atoms with Crippen LogP contribution in [0, 0.1) is 0 Å². The zero-order chi connectivity index (χ0) is 17.3. The van der Waals surface area contributed by atoms with Gasteiger partial charge in [0.05, 0.1) is 6.54 Å². The lowest BCUT2D eigenvalue weighted by molar-refractivity contribution is 0.174. The van der Waals surface area contributed by atoms with Crippen molar-refractivity contribution in [2.24, 2.45) is 4.99 Å². The van der Waals surface area contributed by atoms with Gasteiger partial charge >= 0.3 is 0 Å². The van der Waals surface area contributed by atoms with E-state index >= 15 is 0 Å². The monoisotopic (exact) mass is 346 g/mol. The molecule has 0 unspecified atom stereocenters. The van der Waals surface area contributed by atoms with Gasteiger partial charge in [-0.1, -0.05) is 18.9 Å². The SMILES string of the molecule is CCNC(=NCc1ccc2c(c1)OCO2)NCCN1CCCCCC1. The molecule has 138 valence electrons. The molecule has 1 aromatic rings. The molecule has 2 N–H and O–H groups in total. The van der Waals surface area contributed by atoms with Gasteiger partial charge in [-0.2, -0.15) is 0 Å². The summed E-state index contributed by atoms with van der Waals surface area (Å²) in [6.07, 6.45) is 5.42. The lowest BCUT2D eigenvalue weighted by atomic mass is 10.2. The van der Waals surface area contributed by atoms with E-state index in [0.717, 1.165) is 42.7 Å². The number of rotatable bonds is 6. The Morgan fingerprint density at radius 1 is 1.08 bits per heavy atom. The van der Waals surface area contributed by atoms with Crippen LogP contribution in [0.1, 0.15) is 38.2 Å². The van der Waals surface area contributed by atoms with E-state index in [4.69, 9.17) is 9.47 Å². The first-order chi connectivity index (χ1) is 12.3. The topological polar surface area (TPSA) is 58.1 Å². The molecule has 6 heteroatoms. The molecule has 2 aliphatic heterocycles. The zero-order valence-electron chi connectivity index (χ0n) is 15.2. The fraction of sp³-hybridized carbons (Fsp3) is 0.632. The van der Waals surface area contributed by atoms with Crippen molar-refractivity contribution >= 4 is 5.96 Å². The van der Waals surface area contributed by atoms with Gasteiger partial charge in [-0.25, -0.2) is 4.99 Å². The Morgan fingerprint density at radius 3 is 2.68 bits per heavy atom. The highest BCUT2D eigenvalue weighted by atomic mass is 16.7. The average molecular weight is 346 g/mol. The lowest BCUT2D eigenvalue weighted by Gasteiger charge is -2.20. The number of nitrogens with zero attached hydrogens (tertiary/aromatic N) is 2. The highest BCUT2D eigenvalue weighted by Gasteiger charge is 2.13. The van der Waals surface area contributed by atoms with Crippen molar-refractivity contribution in [3.63, 3.8) is 0 Å². The van der Waals surface area contributed by atoms with Crippen molar-refractivity contribution in [1.82, 2.24) is 15.5 Å². The van der Waals surface area contributed by atoms with Crippen LogP contribution in [0.2, 0.25) is 0 Å². The Morgan fingerprint density at radius 2 is 1.88 bits per heavy atom. The van der Waals surface area contributed by atoms with Crippen LogP contribution in [0.3, 0.4) is 0 Å². The second-order valence-corrected chi connectivity index (χ2v) is 6.57. The Hall–Kier alpha value is -1.95. The number of benzene rings is 1. The molecule has 1 aromatic carbocycles. The maximum Gasteiger partial charge on any atom is 0.231 e. The summed E-state index contributed by atoms with van der Waals surface area (Å²) in [5.41, 5.74) is 1.12. The minimum absolute atomic E-state index is 0.308. The predicted molar refractivity (Wildman–Crippen MR) is 100 cm³/mol. The van der Waals surface area contributed by atoms with E-state index in [1.54, 1.807) is 0 Å². The van der Waals surface area contributed by atoms with Gasteiger partial charge in [0.1, 0.15) is 0 Å². The van der Waals surface area contributed by atoms with Gasteiger partial charge in [-0.05, 0) is 50.6 Å². The van der Waals surface area contributed by atoms with Crippen LogP contribution in [0.5, 0.6) is 11.5 Å². The molecule has 1 saturated heterocycles. The number of ether oxygens (including phenoxy) is 2. The molecule has 0 aliphatic carbocycles. The van der Waals surface area contributed by atoms with Crippen molar-refractivity contribution in [3.8, 4) is 11.5 Å². The molecule has 6 nitrogen and oxygen atoms in total. The summed E-state index contributed by atoms with van der Waals surface area (Å²) in [5.74, 6) is 2.50. The number of guanidine groups is 1. The van der Waals surface area contributed by atoms with Crippen LogP contribution < -0.4 is 20.1 Å². The molecule has 3 rings (SSSR count). The van der Waals surface area contributed by atoms with Crippen molar-refractivity contribution in [2.75, 3.05) is 39.5 Å². The van der Waals surface area contributed by atoms with Gasteiger partial charge in [0.2, 0.25) is 6.79 Å². The summed E-state index contributed by atoms with van der Waals surface area (Å²) >= 11 is 0. The van der Waals surface area contributed by atoms with E-state index in [9.17, 15) is 0 Å². The average Bonchev–Trinajstić information content (AvgIpc) is 2.94. The van der Waals surface area contributed by atoms with Crippen LogP contribution in [-0.4, -0.2) is 50.4 Å². The molecule has 25 heavy (non-hydrogen) atoms. The van der Waals surface area contributed by atoms with Crippen LogP contribution in [0.4, 0.5) is 0 Å². The van der Waals surface area contributed by atoms with Gasteiger partial charge in [0.15, 0.2) is 17.5 Å². The first kappa shape index (κ1) is 17.9. The Bertz CT molecular complexity index is 569. The summed E-state index contributed by atoms with van der Waals surface area (Å²) in [5, 5.41) is 6.77. The van der Waals surface area contributed by atoms with Crippen molar-refractivity contribution in [1.29, 1.82) is 0 Å². The van der Waals surface area contributed by atoms with Crippen molar-refractivity contribution < 1.29 is 9.47 Å². The van der Waals surface area contributed by atoms with Crippen molar-refractivity contribution in [3.05, 3.63) is 23.8 Å². The molecular weight excluding hydrogens is 316 g/mol. The van der Waals surface area contributed by atoms with Gasteiger partial charge in [-0.3, -0.25) is 0 Å². The number of nitrogens with one attached hydrogen (secondary N) is 2. The predicted octanol–water partition coefficient (Wildman–Crippen LogP) is 2.35. The second-order valence-electron chi connectivity index (χ2n) is 6.57. The van der Waals surface area contributed by atoms with E-state index < -0.39 is 0 Å². The third-order valence-electron chi connectivity index (χ3n) is 4.62. The number of fused-ring (bicyclic) bond motifs is 1. The van der Waals surface area contributed by atoms with E-state index in [1.165, 1.54) is 38.8 Å². The van der Waals surface area contributed by atoms with Gasteiger partial charge in [0, 0.05) is 19.6 Å². The molecule has 0 aromatic heterocycles. The third-order valence-corrected chi connectivity index (χ3v) is 4.62. The fourth-order valence-corrected chi connectivity index (χ4v) is 3.24. The molecule has 1 fully saturated rings. The van der Waals surface area contributed by atoms with E-state index in [2.05, 4.69) is 27.4 Å². The van der Waals surface area contributed by atoms with Crippen LogP contribution >= 0.6 is 0 Å². The molecule has 0 atom stereocenters. The Kier molecular flexibility index (Phi) is 6.79. The summed E-state index contributed by atoms with van der Waals surface area (Å²) in [7, 11) is 0. The smallest absolute Gasteiger partial charge is 0.231 e. The standard InChI is InChI=1S/C19H30N4O2/c1-2-20-19(21-9-12-23-10-5-3-4-6-11-23)22-14-16-7-8-17-18(13-16)25-15-24-17/h7-8,13H,2-6,9-12,14-15H2,1H3,(H2,20,21,22). The summed E-state index contributed by atoms with van der Waals surface area (Å²) in [6.45, 7) is 8.34. The van der Waals surface area contributed by atoms with Crippen LogP contribution in [-0.2, 0) is 6.54 Å². The van der Waals surface area contributed by atoms with Gasteiger partial charge in [0.25, 0.3) is 0 Å².